The first-order valence-corrected chi connectivity index (χ1v) is 5.96. The van der Waals surface area contributed by atoms with Gasteiger partial charge in [-0.25, -0.2) is 0 Å². The Morgan fingerprint density at radius 2 is 1.75 bits per heavy atom. The van der Waals surface area contributed by atoms with Gasteiger partial charge in [-0.2, -0.15) is 0 Å². The Morgan fingerprint density at radius 3 is 2.62 bits per heavy atom. The van der Waals surface area contributed by atoms with Gasteiger partial charge >= 0.3 is 0 Å². The van der Waals surface area contributed by atoms with Crippen LogP contribution in [0.2, 0.25) is 0 Å². The van der Waals surface area contributed by atoms with Crippen LogP contribution in [0.15, 0.2) is 65.3 Å². The molecule has 78 valence electrons. The lowest BCUT2D eigenvalue weighted by Gasteiger charge is -2.05. The van der Waals surface area contributed by atoms with Crippen molar-refractivity contribution in [1.29, 1.82) is 0 Å². The minimum atomic E-state index is 1.10. The third kappa shape index (κ3) is 1.55. The van der Waals surface area contributed by atoms with Crippen molar-refractivity contribution in [2.45, 2.75) is 0 Å². The van der Waals surface area contributed by atoms with Crippen LogP contribution >= 0.6 is 15.9 Å². The number of hydrogen-bond acceptors (Lipinski definition) is 0. The quantitative estimate of drug-likeness (QED) is 0.619. The predicted octanol–water partition coefficient (Wildman–Crippen LogP) is 4.39. The summed E-state index contributed by atoms with van der Waals surface area (Å²) in [5, 5.41) is 1.27. The van der Waals surface area contributed by atoms with Gasteiger partial charge in [0.2, 0.25) is 0 Å². The molecule has 2 aromatic carbocycles. The summed E-state index contributed by atoms with van der Waals surface area (Å²) in [7, 11) is 0. The van der Waals surface area contributed by atoms with E-state index in [1.165, 1.54) is 16.6 Å². The van der Waals surface area contributed by atoms with E-state index in [-0.39, 0.29) is 0 Å². The number of aromatic nitrogens is 1. The highest BCUT2D eigenvalue weighted by molar-refractivity contribution is 9.10. The van der Waals surface area contributed by atoms with Crippen LogP contribution in [0.3, 0.4) is 0 Å². The molecule has 16 heavy (non-hydrogen) atoms. The molecule has 0 amide bonds. The van der Waals surface area contributed by atoms with Crippen molar-refractivity contribution in [3.63, 3.8) is 0 Å². The molecule has 2 heteroatoms. The minimum Gasteiger partial charge on any atom is -0.317 e. The summed E-state index contributed by atoms with van der Waals surface area (Å²) in [6.45, 7) is 0. The monoisotopic (exact) mass is 271 g/mol. The second-order valence-electron chi connectivity index (χ2n) is 3.72. The fourth-order valence-corrected chi connectivity index (χ4v) is 2.32. The van der Waals surface area contributed by atoms with Crippen molar-refractivity contribution >= 4 is 26.8 Å². The van der Waals surface area contributed by atoms with E-state index in [9.17, 15) is 0 Å². The summed E-state index contributed by atoms with van der Waals surface area (Å²) in [6.07, 6.45) is 2.10. The first-order valence-electron chi connectivity index (χ1n) is 5.17. The van der Waals surface area contributed by atoms with E-state index >= 15 is 0 Å². The molecule has 0 saturated carbocycles. The van der Waals surface area contributed by atoms with Gasteiger partial charge in [0.15, 0.2) is 0 Å². The Balaban J connectivity index is 2.26. The summed E-state index contributed by atoms with van der Waals surface area (Å²) >= 11 is 3.50. The molecule has 0 aliphatic carbocycles. The number of fused-ring (bicyclic) bond motifs is 1. The number of benzene rings is 2. The highest BCUT2D eigenvalue weighted by Gasteiger charge is 2.01. The van der Waals surface area contributed by atoms with Crippen molar-refractivity contribution in [3.05, 3.63) is 65.3 Å². The second kappa shape index (κ2) is 3.80. The molecule has 1 heterocycles. The summed E-state index contributed by atoms with van der Waals surface area (Å²) in [5.74, 6) is 0. The fourth-order valence-electron chi connectivity index (χ4n) is 1.93. The molecule has 3 aromatic rings. The van der Waals surface area contributed by atoms with Crippen molar-refractivity contribution in [2.75, 3.05) is 0 Å². The zero-order valence-electron chi connectivity index (χ0n) is 8.60. The third-order valence-electron chi connectivity index (χ3n) is 2.69. The largest absolute Gasteiger partial charge is 0.317 e. The molecule has 0 unspecified atom stereocenters. The maximum absolute atomic E-state index is 3.50. The van der Waals surface area contributed by atoms with Crippen molar-refractivity contribution in [2.24, 2.45) is 0 Å². The van der Waals surface area contributed by atoms with Gasteiger partial charge in [-0.05, 0) is 35.7 Å². The molecule has 0 aliphatic heterocycles. The number of rotatable bonds is 1. The van der Waals surface area contributed by atoms with Gasteiger partial charge in [-0.3, -0.25) is 0 Å². The highest BCUT2D eigenvalue weighted by atomic mass is 79.9. The highest BCUT2D eigenvalue weighted by Crippen LogP contribution is 2.22. The normalized spacial score (nSPS) is 10.8. The van der Waals surface area contributed by atoms with Gasteiger partial charge < -0.3 is 4.57 Å². The van der Waals surface area contributed by atoms with Crippen LogP contribution in [-0.2, 0) is 0 Å². The van der Waals surface area contributed by atoms with Gasteiger partial charge in [0, 0.05) is 16.4 Å². The number of halogens is 1. The van der Waals surface area contributed by atoms with Gasteiger partial charge in [0.05, 0.1) is 5.52 Å². The Morgan fingerprint density at radius 1 is 0.875 bits per heavy atom. The predicted molar refractivity (Wildman–Crippen MR) is 71.0 cm³/mol. The molecule has 0 fully saturated rings. The van der Waals surface area contributed by atoms with E-state index in [0.29, 0.717) is 0 Å². The lowest BCUT2D eigenvalue weighted by Crippen LogP contribution is -1.90. The number of hydrogen-bond donors (Lipinski definition) is 0. The zero-order valence-corrected chi connectivity index (χ0v) is 10.2. The summed E-state index contributed by atoms with van der Waals surface area (Å²) < 4.78 is 3.29. The first kappa shape index (κ1) is 9.67. The number of para-hydroxylation sites is 1. The van der Waals surface area contributed by atoms with Gasteiger partial charge in [0.1, 0.15) is 0 Å². The van der Waals surface area contributed by atoms with Gasteiger partial charge in [-0.1, -0.05) is 40.2 Å². The fraction of sp³-hybridized carbons (Fsp3) is 0. The van der Waals surface area contributed by atoms with Crippen molar-refractivity contribution in [1.82, 2.24) is 4.57 Å². The Labute approximate surface area is 102 Å². The Bertz CT molecular complexity index is 640. The summed E-state index contributed by atoms with van der Waals surface area (Å²) in [4.78, 5) is 0. The van der Waals surface area contributed by atoms with Crippen LogP contribution in [0.25, 0.3) is 16.6 Å². The third-order valence-corrected chi connectivity index (χ3v) is 3.18. The molecule has 0 spiro atoms. The maximum Gasteiger partial charge on any atom is 0.0528 e. The average molecular weight is 272 g/mol. The van der Waals surface area contributed by atoms with E-state index in [1.54, 1.807) is 0 Å². The standard InChI is InChI=1S/C14H10BrN/c15-12-5-3-6-13(10-12)16-9-8-11-4-1-2-7-14(11)16/h1-10H. The SMILES string of the molecule is Brc1cccc(-n2ccc3ccccc32)c1. The van der Waals surface area contributed by atoms with Crippen LogP contribution < -0.4 is 0 Å². The topological polar surface area (TPSA) is 4.93 Å². The molecular formula is C14H10BrN. The van der Waals surface area contributed by atoms with Crippen molar-refractivity contribution in [3.8, 4) is 5.69 Å². The number of nitrogens with zero attached hydrogens (tertiary/aromatic N) is 1. The molecule has 0 N–H and O–H groups in total. The molecule has 0 radical (unpaired) electrons. The molecule has 0 saturated heterocycles. The zero-order chi connectivity index (χ0) is 11.0. The lowest BCUT2D eigenvalue weighted by molar-refractivity contribution is 1.13. The van der Waals surface area contributed by atoms with Crippen LogP contribution in [-0.4, -0.2) is 4.57 Å². The van der Waals surface area contributed by atoms with Crippen molar-refractivity contribution < 1.29 is 0 Å². The average Bonchev–Trinajstić information content (AvgIpc) is 2.72. The van der Waals surface area contributed by atoms with Crippen LogP contribution in [0.1, 0.15) is 0 Å². The molecular weight excluding hydrogens is 262 g/mol. The van der Waals surface area contributed by atoms with Crippen LogP contribution in [0.4, 0.5) is 0 Å². The maximum atomic E-state index is 3.50. The minimum absolute atomic E-state index is 1.10. The van der Waals surface area contributed by atoms with Crippen LogP contribution in [0, 0.1) is 0 Å². The van der Waals surface area contributed by atoms with E-state index in [4.69, 9.17) is 0 Å². The van der Waals surface area contributed by atoms with E-state index in [0.717, 1.165) is 4.47 Å². The Hall–Kier alpha value is -1.54. The first-order chi connectivity index (χ1) is 7.84. The lowest BCUT2D eigenvalue weighted by atomic mass is 10.2. The van der Waals surface area contributed by atoms with E-state index in [2.05, 4.69) is 69.2 Å². The molecule has 0 atom stereocenters. The van der Waals surface area contributed by atoms with E-state index < -0.39 is 0 Å². The Kier molecular flexibility index (Phi) is 2.29. The summed E-state index contributed by atoms with van der Waals surface area (Å²) in [6, 6.07) is 18.8. The second-order valence-corrected chi connectivity index (χ2v) is 4.64. The molecule has 0 bridgehead atoms. The molecule has 3 rings (SSSR count). The van der Waals surface area contributed by atoms with Crippen LogP contribution in [0.5, 0.6) is 0 Å². The van der Waals surface area contributed by atoms with E-state index in [1.807, 2.05) is 12.1 Å². The smallest absolute Gasteiger partial charge is 0.0528 e. The summed E-state index contributed by atoms with van der Waals surface area (Å²) in [5.41, 5.74) is 2.41. The molecule has 1 aromatic heterocycles. The molecule has 0 aliphatic rings. The van der Waals surface area contributed by atoms with Gasteiger partial charge in [0.25, 0.3) is 0 Å². The molecule has 1 nitrogen and oxygen atoms in total. The van der Waals surface area contributed by atoms with Gasteiger partial charge in [-0.15, -0.1) is 0 Å².